The Balaban J connectivity index is 1.53. The number of hydrogen-bond donors (Lipinski definition) is 3. The van der Waals surface area contributed by atoms with Crippen molar-refractivity contribution < 1.29 is 23.9 Å². The predicted octanol–water partition coefficient (Wildman–Crippen LogP) is 3.27. The Hall–Kier alpha value is -3.60. The Morgan fingerprint density at radius 1 is 1.12 bits per heavy atom. The summed E-state index contributed by atoms with van der Waals surface area (Å²) in [5, 5.41) is 11.9. The Morgan fingerprint density at radius 3 is 2.52 bits per heavy atom. The number of rotatable bonds is 5. The summed E-state index contributed by atoms with van der Waals surface area (Å²) in [5.41, 5.74) is 3.15. The molecule has 2 heterocycles. The average molecular weight is 472 g/mol. The highest BCUT2D eigenvalue weighted by Crippen LogP contribution is 2.28. The van der Waals surface area contributed by atoms with Gasteiger partial charge < -0.3 is 15.0 Å². The van der Waals surface area contributed by atoms with E-state index in [0.29, 0.717) is 43.2 Å². The molecule has 3 aromatic rings. The van der Waals surface area contributed by atoms with E-state index >= 15 is 0 Å². The van der Waals surface area contributed by atoms with Gasteiger partial charge in [-0.1, -0.05) is 23.7 Å². The third-order valence-corrected chi connectivity index (χ3v) is 5.30. The second-order valence-electron chi connectivity index (χ2n) is 7.13. The molecule has 0 atom stereocenters. The lowest BCUT2D eigenvalue weighted by molar-refractivity contribution is 0.0300. The van der Waals surface area contributed by atoms with Crippen LogP contribution in [0, 0.1) is 5.82 Å². The topological polar surface area (TPSA) is 117 Å². The number of aromatic nitrogens is 2. The number of nitrogens with zero attached hydrogens (tertiary/aromatic N) is 3. The summed E-state index contributed by atoms with van der Waals surface area (Å²) in [4.78, 5) is 34.1. The molecule has 1 aliphatic heterocycles. The summed E-state index contributed by atoms with van der Waals surface area (Å²) < 4.78 is 19.9. The largest absolute Gasteiger partial charge is 0.378 e. The van der Waals surface area contributed by atoms with E-state index in [1.54, 1.807) is 28.6 Å². The number of amides is 2. The number of anilines is 2. The molecule has 1 fully saturated rings. The van der Waals surface area contributed by atoms with E-state index in [9.17, 15) is 14.0 Å². The number of hydroxylamine groups is 1. The summed E-state index contributed by atoms with van der Waals surface area (Å²) in [7, 11) is 0. The van der Waals surface area contributed by atoms with Crippen LogP contribution in [0.1, 0.15) is 20.7 Å². The molecule has 0 saturated carbocycles. The number of halogens is 2. The molecule has 4 rings (SSSR count). The molecule has 0 aliphatic carbocycles. The lowest BCUT2D eigenvalue weighted by atomic mass is 10.1. The molecule has 170 valence electrons. The van der Waals surface area contributed by atoms with Crippen molar-refractivity contribution in [2.75, 3.05) is 31.6 Å². The Bertz CT molecular complexity index is 1190. The minimum absolute atomic E-state index is 0.0211. The van der Waals surface area contributed by atoms with E-state index in [0.717, 1.165) is 0 Å². The smallest absolute Gasteiger partial charge is 0.274 e. The maximum atomic E-state index is 14.7. The molecule has 2 amide bonds. The Labute approximate surface area is 193 Å². The maximum absolute atomic E-state index is 14.7. The zero-order chi connectivity index (χ0) is 23.4. The first-order valence-electron chi connectivity index (χ1n) is 9.97. The molecule has 0 spiro atoms. The molecule has 1 aromatic heterocycles. The molecule has 0 bridgehead atoms. The summed E-state index contributed by atoms with van der Waals surface area (Å²) in [6.07, 6.45) is 1.40. The Morgan fingerprint density at radius 2 is 1.85 bits per heavy atom. The fourth-order valence-electron chi connectivity index (χ4n) is 3.31. The van der Waals surface area contributed by atoms with Crippen molar-refractivity contribution >= 4 is 35.1 Å². The first kappa shape index (κ1) is 22.6. The van der Waals surface area contributed by atoms with Crippen molar-refractivity contribution in [1.29, 1.82) is 0 Å². The van der Waals surface area contributed by atoms with Crippen molar-refractivity contribution in [3.05, 3.63) is 70.6 Å². The highest BCUT2D eigenvalue weighted by molar-refractivity contribution is 6.32. The van der Waals surface area contributed by atoms with E-state index in [1.807, 2.05) is 0 Å². The van der Waals surface area contributed by atoms with Gasteiger partial charge in [0.1, 0.15) is 5.82 Å². The quantitative estimate of drug-likeness (QED) is 0.386. The van der Waals surface area contributed by atoms with Gasteiger partial charge in [-0.15, -0.1) is 0 Å². The van der Waals surface area contributed by atoms with Crippen LogP contribution < -0.4 is 10.8 Å². The summed E-state index contributed by atoms with van der Waals surface area (Å²) in [5.74, 6) is -1.53. The Kier molecular flexibility index (Phi) is 6.78. The molecule has 2 aromatic carbocycles. The first-order chi connectivity index (χ1) is 16.0. The lowest BCUT2D eigenvalue weighted by Gasteiger charge is -2.27. The van der Waals surface area contributed by atoms with Gasteiger partial charge in [-0.2, -0.15) is 0 Å². The molecule has 9 nitrogen and oxygen atoms in total. The standard InChI is InChI=1S/C22H19ClFN5O4/c23-17-12-25-22(27-19(17)13-1-3-14(4-2-13)20(30)28-32)26-15-5-6-16(18(24)11-15)21(31)29-7-9-33-10-8-29/h1-6,11-12,32H,7-10H2,(H,28,30)(H,25,26,27). The van der Waals surface area contributed by atoms with Gasteiger partial charge in [-0.3, -0.25) is 14.8 Å². The molecule has 0 unspecified atom stereocenters. The fourth-order valence-corrected chi connectivity index (χ4v) is 3.51. The zero-order valence-electron chi connectivity index (χ0n) is 17.2. The highest BCUT2D eigenvalue weighted by atomic mass is 35.5. The van der Waals surface area contributed by atoms with Gasteiger partial charge in [0, 0.05) is 29.9 Å². The lowest BCUT2D eigenvalue weighted by Crippen LogP contribution is -2.41. The van der Waals surface area contributed by atoms with Gasteiger partial charge in [0.05, 0.1) is 35.7 Å². The number of nitrogens with one attached hydrogen (secondary N) is 2. The van der Waals surface area contributed by atoms with Gasteiger partial charge >= 0.3 is 0 Å². The van der Waals surface area contributed by atoms with Crippen molar-refractivity contribution in [3.63, 3.8) is 0 Å². The van der Waals surface area contributed by atoms with Crippen LogP contribution in [0.5, 0.6) is 0 Å². The van der Waals surface area contributed by atoms with E-state index in [1.165, 1.54) is 30.5 Å². The van der Waals surface area contributed by atoms with Crippen LogP contribution in [0.2, 0.25) is 5.02 Å². The molecule has 1 saturated heterocycles. The van der Waals surface area contributed by atoms with Gasteiger partial charge in [0.2, 0.25) is 5.95 Å². The number of hydrogen-bond acceptors (Lipinski definition) is 7. The van der Waals surface area contributed by atoms with Crippen molar-refractivity contribution in [1.82, 2.24) is 20.3 Å². The number of morpholine rings is 1. The van der Waals surface area contributed by atoms with Crippen LogP contribution in [0.25, 0.3) is 11.3 Å². The van der Waals surface area contributed by atoms with Crippen LogP contribution in [0.4, 0.5) is 16.0 Å². The van der Waals surface area contributed by atoms with Crippen molar-refractivity contribution in [3.8, 4) is 11.3 Å². The zero-order valence-corrected chi connectivity index (χ0v) is 18.0. The first-order valence-corrected chi connectivity index (χ1v) is 10.3. The van der Waals surface area contributed by atoms with Gasteiger partial charge in [0.15, 0.2) is 0 Å². The van der Waals surface area contributed by atoms with Crippen molar-refractivity contribution in [2.45, 2.75) is 0 Å². The predicted molar refractivity (Wildman–Crippen MR) is 118 cm³/mol. The van der Waals surface area contributed by atoms with Crippen LogP contribution in [0.3, 0.4) is 0 Å². The summed E-state index contributed by atoms with van der Waals surface area (Å²) in [6.45, 7) is 1.71. The minimum Gasteiger partial charge on any atom is -0.378 e. The van der Waals surface area contributed by atoms with Gasteiger partial charge in [-0.25, -0.2) is 19.8 Å². The third-order valence-electron chi connectivity index (χ3n) is 5.02. The second-order valence-corrected chi connectivity index (χ2v) is 7.54. The van der Waals surface area contributed by atoms with Crippen LogP contribution in [0.15, 0.2) is 48.7 Å². The summed E-state index contributed by atoms with van der Waals surface area (Å²) >= 11 is 6.23. The normalized spacial score (nSPS) is 13.5. The van der Waals surface area contributed by atoms with E-state index < -0.39 is 11.7 Å². The second kappa shape index (κ2) is 9.90. The number of carbonyl (C=O) groups is 2. The molecule has 33 heavy (non-hydrogen) atoms. The monoisotopic (exact) mass is 471 g/mol. The third kappa shape index (κ3) is 5.08. The fraction of sp³-hybridized carbons (Fsp3) is 0.182. The molecule has 1 aliphatic rings. The van der Waals surface area contributed by atoms with Crippen LogP contribution in [-0.4, -0.2) is 58.2 Å². The summed E-state index contributed by atoms with van der Waals surface area (Å²) in [6, 6.07) is 10.4. The maximum Gasteiger partial charge on any atom is 0.274 e. The molecule has 11 heteroatoms. The van der Waals surface area contributed by atoms with Crippen molar-refractivity contribution in [2.24, 2.45) is 0 Å². The van der Waals surface area contributed by atoms with E-state index in [2.05, 4.69) is 15.3 Å². The highest BCUT2D eigenvalue weighted by Gasteiger charge is 2.21. The van der Waals surface area contributed by atoms with Crippen LogP contribution >= 0.6 is 11.6 Å². The molecule has 3 N–H and O–H groups in total. The SMILES string of the molecule is O=C(NO)c1ccc(-c2nc(Nc3ccc(C(=O)N4CCOCC4)c(F)c3)ncc2Cl)cc1. The number of carbonyl (C=O) groups excluding carboxylic acids is 2. The van der Waals surface area contributed by atoms with Gasteiger partial charge in [0.25, 0.3) is 11.8 Å². The molecular weight excluding hydrogens is 453 g/mol. The number of benzene rings is 2. The van der Waals surface area contributed by atoms with Crippen LogP contribution in [-0.2, 0) is 4.74 Å². The number of ether oxygens (including phenoxy) is 1. The molecule has 0 radical (unpaired) electrons. The molecular formula is C22H19ClFN5O4. The average Bonchev–Trinajstić information content (AvgIpc) is 2.85. The van der Waals surface area contributed by atoms with E-state index in [-0.39, 0.29) is 28.0 Å². The minimum atomic E-state index is -0.663. The van der Waals surface area contributed by atoms with Gasteiger partial charge in [-0.05, 0) is 30.3 Å². The van der Waals surface area contributed by atoms with E-state index in [4.69, 9.17) is 21.5 Å².